The summed E-state index contributed by atoms with van der Waals surface area (Å²) in [6.45, 7) is 7.00. The molecule has 0 bridgehead atoms. The smallest absolute Gasteiger partial charge is 0.0925 e. The molecular weight excluding hydrogens is 146 g/mol. The Morgan fingerprint density at radius 3 is 2.33 bits per heavy atom. The van der Waals surface area contributed by atoms with Crippen molar-refractivity contribution in [3.05, 3.63) is 11.7 Å². The number of aromatic nitrogens is 1. The molecule has 0 spiro atoms. The van der Waals surface area contributed by atoms with Gasteiger partial charge >= 0.3 is 0 Å². The van der Waals surface area contributed by atoms with E-state index in [0.29, 0.717) is 0 Å². The van der Waals surface area contributed by atoms with Gasteiger partial charge in [0, 0.05) is 10.7 Å². The first-order valence-electron chi connectivity index (χ1n) is 2.99. The summed E-state index contributed by atoms with van der Waals surface area (Å²) < 4.78 is 1.49. The summed E-state index contributed by atoms with van der Waals surface area (Å²) in [5.41, 5.74) is 1.91. The molecule has 50 valence electrons. The monoisotopic (exact) mass is 157 g/mol. The van der Waals surface area contributed by atoms with Gasteiger partial charge in [0.15, 0.2) is 0 Å². The lowest BCUT2D eigenvalue weighted by Crippen LogP contribution is -2.34. The van der Waals surface area contributed by atoms with Crippen molar-refractivity contribution in [3.63, 3.8) is 0 Å². The molecule has 9 heavy (non-hydrogen) atoms. The summed E-state index contributed by atoms with van der Waals surface area (Å²) in [5, 5.41) is 0. The molecule has 1 aromatic rings. The number of hydrogen-bond donors (Lipinski definition) is 0. The van der Waals surface area contributed by atoms with Gasteiger partial charge in [-0.05, 0) is 0 Å². The Kier molecular flexibility index (Phi) is 1.72. The van der Waals surface area contributed by atoms with E-state index in [1.807, 2.05) is 11.7 Å². The Morgan fingerprint density at radius 2 is 2.11 bits per heavy atom. The Bertz CT molecular complexity index is 175. The van der Waals surface area contributed by atoms with E-state index >= 15 is 0 Å². The summed E-state index contributed by atoms with van der Waals surface area (Å²) in [6, 6.07) is 0. The molecule has 3 heteroatoms. The molecule has 0 fully saturated rings. The van der Waals surface area contributed by atoms with Crippen molar-refractivity contribution in [2.24, 2.45) is 0 Å². The first-order valence-corrected chi connectivity index (χ1v) is 7.37. The lowest BCUT2D eigenvalue weighted by atomic mass is 11.0. The molecule has 1 aromatic heterocycles. The molecule has 0 aromatic carbocycles. The van der Waals surface area contributed by atoms with Gasteiger partial charge in [0.1, 0.15) is 0 Å². The van der Waals surface area contributed by atoms with Crippen LogP contribution in [0.5, 0.6) is 0 Å². The standard InChI is InChI=1S/C6H11NSSi/c1-9(2,3)6-4-7-5-8-6/h4-5H,1-3H3. The lowest BCUT2D eigenvalue weighted by molar-refractivity contribution is 1.43. The summed E-state index contributed by atoms with van der Waals surface area (Å²) in [4.78, 5) is 4.04. The van der Waals surface area contributed by atoms with Crippen LogP contribution in [0.2, 0.25) is 19.6 Å². The fraction of sp³-hybridized carbons (Fsp3) is 0.500. The van der Waals surface area contributed by atoms with Crippen molar-refractivity contribution in [2.45, 2.75) is 19.6 Å². The molecule has 0 saturated carbocycles. The number of hydrogen-bond acceptors (Lipinski definition) is 2. The molecular formula is C6H11NSSi. The van der Waals surface area contributed by atoms with Gasteiger partial charge < -0.3 is 0 Å². The average molecular weight is 157 g/mol. The van der Waals surface area contributed by atoms with Crippen LogP contribution in [0.15, 0.2) is 11.7 Å². The number of rotatable bonds is 1. The average Bonchev–Trinajstić information content (AvgIpc) is 2.08. The van der Waals surface area contributed by atoms with Gasteiger partial charge in [0.25, 0.3) is 0 Å². The molecule has 0 unspecified atom stereocenters. The minimum Gasteiger partial charge on any atom is -0.253 e. The van der Waals surface area contributed by atoms with Crippen molar-refractivity contribution < 1.29 is 0 Å². The molecule has 1 rings (SSSR count). The second-order valence-electron chi connectivity index (χ2n) is 3.12. The van der Waals surface area contributed by atoms with Crippen molar-refractivity contribution in [3.8, 4) is 0 Å². The summed E-state index contributed by atoms with van der Waals surface area (Å²) in [7, 11) is -1.03. The van der Waals surface area contributed by atoms with Crippen molar-refractivity contribution in [1.29, 1.82) is 0 Å². The Hall–Kier alpha value is -0.153. The fourth-order valence-electron chi connectivity index (χ4n) is 0.586. The summed E-state index contributed by atoms with van der Waals surface area (Å²) >= 11 is 1.78. The van der Waals surface area contributed by atoms with E-state index in [9.17, 15) is 0 Å². The van der Waals surface area contributed by atoms with Crippen LogP contribution in [0.4, 0.5) is 0 Å². The first-order chi connectivity index (χ1) is 4.11. The van der Waals surface area contributed by atoms with Crippen LogP contribution in [0.3, 0.4) is 0 Å². The molecule has 1 heterocycles. The third kappa shape index (κ3) is 1.63. The highest BCUT2D eigenvalue weighted by atomic mass is 32.1. The Balaban J connectivity index is 2.90. The van der Waals surface area contributed by atoms with Gasteiger partial charge in [-0.3, -0.25) is 4.98 Å². The van der Waals surface area contributed by atoms with Crippen molar-refractivity contribution >= 4 is 23.9 Å². The van der Waals surface area contributed by atoms with Crippen LogP contribution in [0, 0.1) is 0 Å². The predicted octanol–water partition coefficient (Wildman–Crippen LogP) is 1.69. The highest BCUT2D eigenvalue weighted by Gasteiger charge is 2.17. The zero-order valence-electron chi connectivity index (χ0n) is 6.01. The van der Waals surface area contributed by atoms with E-state index in [1.165, 1.54) is 4.50 Å². The van der Waals surface area contributed by atoms with E-state index in [-0.39, 0.29) is 0 Å². The van der Waals surface area contributed by atoms with Gasteiger partial charge in [-0.2, -0.15) is 0 Å². The van der Waals surface area contributed by atoms with Gasteiger partial charge in [-0.25, -0.2) is 0 Å². The normalized spacial score (nSPS) is 11.9. The number of nitrogens with zero attached hydrogens (tertiary/aromatic N) is 1. The summed E-state index contributed by atoms with van der Waals surface area (Å²) in [5.74, 6) is 0. The van der Waals surface area contributed by atoms with Crippen molar-refractivity contribution in [1.82, 2.24) is 4.98 Å². The molecule has 0 atom stereocenters. The Morgan fingerprint density at radius 1 is 1.44 bits per heavy atom. The highest BCUT2D eigenvalue weighted by Crippen LogP contribution is 2.03. The fourth-order valence-corrected chi connectivity index (χ4v) is 2.98. The SMILES string of the molecule is C[Si](C)(C)c1cncs1. The number of thiazole rings is 1. The maximum absolute atomic E-state index is 4.04. The van der Waals surface area contributed by atoms with E-state index < -0.39 is 8.07 Å². The van der Waals surface area contributed by atoms with Crippen LogP contribution in [0.25, 0.3) is 0 Å². The zero-order valence-corrected chi connectivity index (χ0v) is 7.83. The largest absolute Gasteiger partial charge is 0.253 e. The molecule has 1 nitrogen and oxygen atoms in total. The Labute approximate surface area is 60.8 Å². The lowest BCUT2D eigenvalue weighted by Gasteiger charge is -2.10. The molecule has 0 aliphatic rings. The predicted molar refractivity (Wildman–Crippen MR) is 45.1 cm³/mol. The van der Waals surface area contributed by atoms with Crippen LogP contribution in [-0.4, -0.2) is 13.1 Å². The van der Waals surface area contributed by atoms with E-state index in [2.05, 4.69) is 24.6 Å². The van der Waals surface area contributed by atoms with E-state index in [1.54, 1.807) is 11.3 Å². The molecule has 0 N–H and O–H groups in total. The second-order valence-corrected chi connectivity index (χ2v) is 9.40. The minimum atomic E-state index is -1.03. The second kappa shape index (κ2) is 2.23. The van der Waals surface area contributed by atoms with Gasteiger partial charge in [-0.1, -0.05) is 19.6 Å². The quantitative estimate of drug-likeness (QED) is 0.565. The zero-order chi connectivity index (χ0) is 6.91. The van der Waals surface area contributed by atoms with Crippen LogP contribution in [-0.2, 0) is 0 Å². The van der Waals surface area contributed by atoms with Crippen LogP contribution >= 0.6 is 11.3 Å². The maximum Gasteiger partial charge on any atom is 0.0925 e. The maximum atomic E-state index is 4.04. The molecule has 0 amide bonds. The molecule has 0 radical (unpaired) electrons. The topological polar surface area (TPSA) is 12.9 Å². The third-order valence-corrected chi connectivity index (χ3v) is 5.56. The van der Waals surface area contributed by atoms with E-state index in [0.717, 1.165) is 0 Å². The van der Waals surface area contributed by atoms with Gasteiger partial charge in [0.05, 0.1) is 13.6 Å². The van der Waals surface area contributed by atoms with Gasteiger partial charge in [-0.15, -0.1) is 11.3 Å². The summed E-state index contributed by atoms with van der Waals surface area (Å²) in [6.07, 6.45) is 2.00. The van der Waals surface area contributed by atoms with E-state index in [4.69, 9.17) is 0 Å². The molecule has 0 saturated heterocycles. The van der Waals surface area contributed by atoms with Crippen LogP contribution in [0.1, 0.15) is 0 Å². The minimum absolute atomic E-state index is 1.03. The first kappa shape index (κ1) is 6.96. The highest BCUT2D eigenvalue weighted by molar-refractivity contribution is 7.24. The van der Waals surface area contributed by atoms with Gasteiger partial charge in [0.2, 0.25) is 0 Å². The third-order valence-electron chi connectivity index (χ3n) is 1.17. The van der Waals surface area contributed by atoms with Crippen molar-refractivity contribution in [2.75, 3.05) is 0 Å². The molecule has 0 aliphatic carbocycles. The molecule has 0 aliphatic heterocycles. The van der Waals surface area contributed by atoms with Crippen LogP contribution < -0.4 is 4.50 Å².